The molecule has 0 heterocycles. The highest BCUT2D eigenvalue weighted by atomic mass is 16.4. The molecule has 1 aliphatic rings. The highest BCUT2D eigenvalue weighted by Gasteiger charge is 2.21. The first-order chi connectivity index (χ1) is 8.09. The molecule has 0 aliphatic heterocycles. The van der Waals surface area contributed by atoms with Crippen LogP contribution in [0.4, 0.5) is 0 Å². The van der Waals surface area contributed by atoms with Crippen LogP contribution >= 0.6 is 0 Å². The monoisotopic (exact) mass is 242 g/mol. The fraction of sp³-hybridized carbons (Fsp3) is 0.727. The number of carboxylic acids is 1. The number of hydrogen-bond acceptors (Lipinski definition) is 3. The molecular formula is C11H18N2O4. The predicted molar refractivity (Wildman–Crippen MR) is 59.7 cm³/mol. The summed E-state index contributed by atoms with van der Waals surface area (Å²) < 4.78 is 0. The Labute approximate surface area is 99.7 Å². The summed E-state index contributed by atoms with van der Waals surface area (Å²) in [6.07, 6.45) is 4.61. The molecule has 1 rings (SSSR count). The number of carbonyl (C=O) groups is 3. The van der Waals surface area contributed by atoms with Crippen molar-refractivity contribution in [2.24, 2.45) is 5.92 Å². The Kier molecular flexibility index (Phi) is 5.45. The summed E-state index contributed by atoms with van der Waals surface area (Å²) in [7, 11) is 0. The second kappa shape index (κ2) is 6.88. The quantitative estimate of drug-likeness (QED) is 0.628. The maximum atomic E-state index is 11.6. The van der Waals surface area contributed by atoms with Gasteiger partial charge < -0.3 is 5.11 Å². The van der Waals surface area contributed by atoms with Crippen LogP contribution in [0.1, 0.15) is 44.9 Å². The van der Waals surface area contributed by atoms with Crippen molar-refractivity contribution in [3.8, 4) is 0 Å². The van der Waals surface area contributed by atoms with E-state index in [1.54, 1.807) is 0 Å². The van der Waals surface area contributed by atoms with E-state index in [1.165, 1.54) is 0 Å². The number of rotatable bonds is 4. The molecule has 17 heavy (non-hydrogen) atoms. The predicted octanol–water partition coefficient (Wildman–Crippen LogP) is 0.579. The van der Waals surface area contributed by atoms with E-state index in [4.69, 9.17) is 5.11 Å². The van der Waals surface area contributed by atoms with Crippen LogP contribution in [0.15, 0.2) is 0 Å². The number of aliphatic carboxylic acids is 1. The Balaban J connectivity index is 2.18. The number of carbonyl (C=O) groups excluding carboxylic acids is 2. The molecule has 2 amide bonds. The normalized spacial score (nSPS) is 16.2. The van der Waals surface area contributed by atoms with E-state index in [9.17, 15) is 14.4 Å². The molecule has 0 aromatic heterocycles. The Morgan fingerprint density at radius 1 is 1.00 bits per heavy atom. The molecule has 0 aromatic carbocycles. The van der Waals surface area contributed by atoms with Crippen LogP contribution in [0.5, 0.6) is 0 Å². The average molecular weight is 242 g/mol. The van der Waals surface area contributed by atoms with E-state index in [-0.39, 0.29) is 24.7 Å². The van der Waals surface area contributed by atoms with Crippen molar-refractivity contribution in [3.63, 3.8) is 0 Å². The minimum Gasteiger partial charge on any atom is -0.481 e. The Morgan fingerprint density at radius 3 is 2.24 bits per heavy atom. The lowest BCUT2D eigenvalue weighted by atomic mass is 9.89. The summed E-state index contributed by atoms with van der Waals surface area (Å²) >= 11 is 0. The fourth-order valence-electron chi connectivity index (χ4n) is 1.88. The highest BCUT2D eigenvalue weighted by Crippen LogP contribution is 2.23. The molecule has 0 bridgehead atoms. The van der Waals surface area contributed by atoms with E-state index < -0.39 is 11.9 Å². The van der Waals surface area contributed by atoms with Gasteiger partial charge in [0.05, 0.1) is 6.42 Å². The first-order valence-electron chi connectivity index (χ1n) is 5.90. The first-order valence-corrected chi connectivity index (χ1v) is 5.90. The Hall–Kier alpha value is -1.59. The van der Waals surface area contributed by atoms with Crippen molar-refractivity contribution in [1.29, 1.82) is 0 Å². The van der Waals surface area contributed by atoms with Gasteiger partial charge in [-0.3, -0.25) is 25.2 Å². The molecule has 96 valence electrons. The largest absolute Gasteiger partial charge is 0.481 e. The zero-order valence-corrected chi connectivity index (χ0v) is 9.70. The van der Waals surface area contributed by atoms with Crippen molar-refractivity contribution in [2.75, 3.05) is 0 Å². The van der Waals surface area contributed by atoms with Gasteiger partial charge in [-0.05, 0) is 12.8 Å². The SMILES string of the molecule is O=C(O)CCC(=O)NNC(=O)C1CCCCC1. The summed E-state index contributed by atoms with van der Waals surface area (Å²) in [6.45, 7) is 0. The molecule has 1 saturated carbocycles. The van der Waals surface area contributed by atoms with Crippen LogP contribution in [-0.4, -0.2) is 22.9 Å². The first kappa shape index (κ1) is 13.5. The summed E-state index contributed by atoms with van der Waals surface area (Å²) in [5, 5.41) is 8.38. The number of nitrogens with one attached hydrogen (secondary N) is 2. The van der Waals surface area contributed by atoms with Crippen molar-refractivity contribution in [2.45, 2.75) is 44.9 Å². The second-order valence-electron chi connectivity index (χ2n) is 4.27. The smallest absolute Gasteiger partial charge is 0.303 e. The summed E-state index contributed by atoms with van der Waals surface area (Å²) in [6, 6.07) is 0. The minimum atomic E-state index is -1.03. The van der Waals surface area contributed by atoms with E-state index in [0.29, 0.717) is 0 Å². The third-order valence-electron chi connectivity index (χ3n) is 2.87. The van der Waals surface area contributed by atoms with Gasteiger partial charge in [0.25, 0.3) is 0 Å². The van der Waals surface area contributed by atoms with Gasteiger partial charge >= 0.3 is 5.97 Å². The molecule has 1 aliphatic carbocycles. The molecule has 6 heteroatoms. The maximum Gasteiger partial charge on any atom is 0.303 e. The molecule has 1 fully saturated rings. The van der Waals surface area contributed by atoms with Gasteiger partial charge in [0.15, 0.2) is 0 Å². The lowest BCUT2D eigenvalue weighted by Gasteiger charge is -2.20. The van der Waals surface area contributed by atoms with Gasteiger partial charge in [-0.2, -0.15) is 0 Å². The van der Waals surface area contributed by atoms with Gasteiger partial charge in [-0.25, -0.2) is 0 Å². The zero-order chi connectivity index (χ0) is 12.7. The number of hydrogen-bond donors (Lipinski definition) is 3. The van der Waals surface area contributed by atoms with Gasteiger partial charge in [0.1, 0.15) is 0 Å². The zero-order valence-electron chi connectivity index (χ0n) is 9.70. The van der Waals surface area contributed by atoms with Gasteiger partial charge in [0.2, 0.25) is 11.8 Å². The highest BCUT2D eigenvalue weighted by molar-refractivity contribution is 5.84. The summed E-state index contributed by atoms with van der Waals surface area (Å²) in [5.41, 5.74) is 4.58. The van der Waals surface area contributed by atoms with Crippen LogP contribution in [0.2, 0.25) is 0 Å². The third-order valence-corrected chi connectivity index (χ3v) is 2.87. The number of hydrazine groups is 1. The van der Waals surface area contributed by atoms with Crippen molar-refractivity contribution in [3.05, 3.63) is 0 Å². The van der Waals surface area contributed by atoms with E-state index in [2.05, 4.69) is 10.9 Å². The van der Waals surface area contributed by atoms with Crippen molar-refractivity contribution in [1.82, 2.24) is 10.9 Å². The topological polar surface area (TPSA) is 95.5 Å². The van der Waals surface area contributed by atoms with Crippen LogP contribution in [0.25, 0.3) is 0 Å². The average Bonchev–Trinajstić information content (AvgIpc) is 2.34. The molecule has 0 saturated heterocycles. The standard InChI is InChI=1S/C11H18N2O4/c14-9(6-7-10(15)16)12-13-11(17)8-4-2-1-3-5-8/h8H,1-7H2,(H,12,14)(H,13,17)(H,15,16). The lowest BCUT2D eigenvalue weighted by molar-refractivity contribution is -0.139. The van der Waals surface area contributed by atoms with E-state index >= 15 is 0 Å². The second-order valence-corrected chi connectivity index (χ2v) is 4.27. The maximum absolute atomic E-state index is 11.6. The minimum absolute atomic E-state index is 0.0245. The fourth-order valence-corrected chi connectivity index (χ4v) is 1.88. The molecule has 0 unspecified atom stereocenters. The van der Waals surface area contributed by atoms with Gasteiger partial charge in [-0.1, -0.05) is 19.3 Å². The van der Waals surface area contributed by atoms with Crippen LogP contribution in [-0.2, 0) is 14.4 Å². The van der Waals surface area contributed by atoms with Gasteiger partial charge in [0, 0.05) is 12.3 Å². The van der Waals surface area contributed by atoms with E-state index in [0.717, 1.165) is 32.1 Å². The summed E-state index contributed by atoms with van der Waals surface area (Å²) in [5.74, 6) is -1.70. The molecule has 0 spiro atoms. The number of amides is 2. The molecule has 0 aromatic rings. The van der Waals surface area contributed by atoms with Crippen molar-refractivity contribution >= 4 is 17.8 Å². The molecule has 0 radical (unpaired) electrons. The van der Waals surface area contributed by atoms with Crippen LogP contribution in [0, 0.1) is 5.92 Å². The van der Waals surface area contributed by atoms with Crippen molar-refractivity contribution < 1.29 is 19.5 Å². The van der Waals surface area contributed by atoms with Gasteiger partial charge in [-0.15, -0.1) is 0 Å². The number of carboxylic acid groups (broad SMARTS) is 1. The molecule has 3 N–H and O–H groups in total. The molecular weight excluding hydrogens is 224 g/mol. The Bertz CT molecular complexity index is 298. The van der Waals surface area contributed by atoms with Crippen LogP contribution < -0.4 is 10.9 Å². The Morgan fingerprint density at radius 2 is 1.65 bits per heavy atom. The molecule has 0 atom stereocenters. The lowest BCUT2D eigenvalue weighted by Crippen LogP contribution is -2.45. The molecule has 6 nitrogen and oxygen atoms in total. The van der Waals surface area contributed by atoms with Crippen LogP contribution in [0.3, 0.4) is 0 Å². The third kappa shape index (κ3) is 5.33. The summed E-state index contributed by atoms with van der Waals surface area (Å²) in [4.78, 5) is 33.0. The van der Waals surface area contributed by atoms with E-state index in [1.807, 2.05) is 0 Å².